The molecule has 17 heavy (non-hydrogen) atoms. The van der Waals surface area contributed by atoms with E-state index in [0.29, 0.717) is 6.54 Å². The summed E-state index contributed by atoms with van der Waals surface area (Å²) in [5, 5.41) is 6.99. The van der Waals surface area contributed by atoms with Gasteiger partial charge < -0.3 is 10.6 Å². The lowest BCUT2D eigenvalue weighted by Gasteiger charge is -2.10. The minimum Gasteiger partial charge on any atom is -0.350 e. The third-order valence-electron chi connectivity index (χ3n) is 2.41. The zero-order valence-corrected chi connectivity index (χ0v) is 12.3. The molecule has 6 heteroatoms. The SMILES string of the molecule is CCc1nc(C)c(C(=O)NCC(C)NC)s1.Cl. The van der Waals surface area contributed by atoms with Crippen molar-refractivity contribution in [3.63, 3.8) is 0 Å². The summed E-state index contributed by atoms with van der Waals surface area (Å²) in [5.41, 5.74) is 0.830. The monoisotopic (exact) mass is 277 g/mol. The van der Waals surface area contributed by atoms with E-state index in [4.69, 9.17) is 0 Å². The van der Waals surface area contributed by atoms with Crippen molar-refractivity contribution in [2.24, 2.45) is 0 Å². The fourth-order valence-corrected chi connectivity index (χ4v) is 2.16. The van der Waals surface area contributed by atoms with E-state index in [-0.39, 0.29) is 24.4 Å². The van der Waals surface area contributed by atoms with E-state index in [2.05, 4.69) is 15.6 Å². The summed E-state index contributed by atoms with van der Waals surface area (Å²) < 4.78 is 0. The van der Waals surface area contributed by atoms with Crippen molar-refractivity contribution < 1.29 is 4.79 Å². The highest BCUT2D eigenvalue weighted by Crippen LogP contribution is 2.18. The minimum absolute atomic E-state index is 0. The van der Waals surface area contributed by atoms with E-state index in [1.807, 2.05) is 27.8 Å². The van der Waals surface area contributed by atoms with Crippen molar-refractivity contribution >= 4 is 29.7 Å². The number of hydrogen-bond acceptors (Lipinski definition) is 4. The molecule has 4 nitrogen and oxygen atoms in total. The highest BCUT2D eigenvalue weighted by Gasteiger charge is 2.14. The molecule has 1 unspecified atom stereocenters. The van der Waals surface area contributed by atoms with Crippen molar-refractivity contribution in [1.29, 1.82) is 0 Å². The van der Waals surface area contributed by atoms with Crippen LogP contribution in [-0.4, -0.2) is 30.5 Å². The first-order chi connectivity index (χ1) is 7.58. The lowest BCUT2D eigenvalue weighted by molar-refractivity contribution is 0.0954. The van der Waals surface area contributed by atoms with Crippen LogP contribution in [0.15, 0.2) is 0 Å². The molecule has 1 aromatic heterocycles. The number of rotatable bonds is 5. The number of likely N-dealkylation sites (N-methyl/N-ethyl adjacent to an activating group) is 1. The molecule has 0 saturated heterocycles. The molecule has 0 radical (unpaired) electrons. The molecule has 0 bridgehead atoms. The largest absolute Gasteiger partial charge is 0.350 e. The Morgan fingerprint density at radius 2 is 2.18 bits per heavy atom. The van der Waals surface area contributed by atoms with Crippen molar-refractivity contribution in [3.8, 4) is 0 Å². The van der Waals surface area contributed by atoms with Crippen LogP contribution in [-0.2, 0) is 6.42 Å². The van der Waals surface area contributed by atoms with Crippen LogP contribution in [0, 0.1) is 6.92 Å². The van der Waals surface area contributed by atoms with E-state index < -0.39 is 0 Å². The Balaban J connectivity index is 0.00000256. The van der Waals surface area contributed by atoms with Crippen molar-refractivity contribution in [2.45, 2.75) is 33.2 Å². The van der Waals surface area contributed by atoms with Crippen LogP contribution in [0.25, 0.3) is 0 Å². The van der Waals surface area contributed by atoms with Crippen LogP contribution in [0.2, 0.25) is 0 Å². The van der Waals surface area contributed by atoms with Gasteiger partial charge in [-0.05, 0) is 27.3 Å². The standard InChI is InChI=1S/C11H19N3OS.ClH/c1-5-9-14-8(3)10(16-9)11(15)13-6-7(2)12-4;/h7,12H,5-6H2,1-4H3,(H,13,15);1H. The molecule has 2 N–H and O–H groups in total. The molecule has 98 valence electrons. The summed E-state index contributed by atoms with van der Waals surface area (Å²) in [6.45, 7) is 6.58. The summed E-state index contributed by atoms with van der Waals surface area (Å²) in [7, 11) is 1.88. The van der Waals surface area contributed by atoms with Crippen LogP contribution in [0.4, 0.5) is 0 Å². The van der Waals surface area contributed by atoms with Gasteiger partial charge in [0.2, 0.25) is 0 Å². The Kier molecular flexibility index (Phi) is 7.34. The Hall–Kier alpha value is -0.650. The second kappa shape index (κ2) is 7.63. The van der Waals surface area contributed by atoms with Crippen LogP contribution in [0.5, 0.6) is 0 Å². The fraction of sp³-hybridized carbons (Fsp3) is 0.636. The predicted octanol–water partition coefficient (Wildman–Crippen LogP) is 1.77. The van der Waals surface area contributed by atoms with Gasteiger partial charge in [0.05, 0.1) is 10.7 Å². The Labute approximate surface area is 113 Å². The number of hydrogen-bond donors (Lipinski definition) is 2. The van der Waals surface area contributed by atoms with Gasteiger partial charge in [0.1, 0.15) is 4.88 Å². The molecule has 0 aliphatic heterocycles. The third kappa shape index (κ3) is 4.61. The van der Waals surface area contributed by atoms with Gasteiger partial charge >= 0.3 is 0 Å². The molecule has 0 aromatic carbocycles. The van der Waals surface area contributed by atoms with Crippen LogP contribution in [0.3, 0.4) is 0 Å². The zero-order valence-electron chi connectivity index (χ0n) is 10.7. The number of nitrogens with zero attached hydrogens (tertiary/aromatic N) is 1. The molecule has 1 amide bonds. The first-order valence-corrected chi connectivity index (χ1v) is 6.31. The first-order valence-electron chi connectivity index (χ1n) is 5.50. The summed E-state index contributed by atoms with van der Waals surface area (Å²) >= 11 is 1.48. The normalized spacial score (nSPS) is 11.8. The van der Waals surface area contributed by atoms with Gasteiger partial charge in [-0.2, -0.15) is 0 Å². The molecule has 0 aliphatic carbocycles. The molecule has 0 spiro atoms. The minimum atomic E-state index is -0.0169. The smallest absolute Gasteiger partial charge is 0.263 e. The Morgan fingerprint density at radius 1 is 1.53 bits per heavy atom. The average molecular weight is 278 g/mol. The van der Waals surface area contributed by atoms with E-state index in [9.17, 15) is 4.79 Å². The molecule has 1 aromatic rings. The van der Waals surface area contributed by atoms with Crippen molar-refractivity contribution in [1.82, 2.24) is 15.6 Å². The molecular formula is C11H20ClN3OS. The second-order valence-corrected chi connectivity index (χ2v) is 4.86. The highest BCUT2D eigenvalue weighted by atomic mass is 35.5. The third-order valence-corrected chi connectivity index (χ3v) is 3.71. The Morgan fingerprint density at radius 3 is 2.65 bits per heavy atom. The highest BCUT2D eigenvalue weighted by molar-refractivity contribution is 7.13. The molecule has 1 heterocycles. The van der Waals surface area contributed by atoms with Crippen molar-refractivity contribution in [2.75, 3.05) is 13.6 Å². The maximum atomic E-state index is 11.8. The van der Waals surface area contributed by atoms with Crippen LogP contribution in [0.1, 0.15) is 34.2 Å². The molecule has 0 aliphatic rings. The molecule has 1 rings (SSSR count). The number of thiazole rings is 1. The summed E-state index contributed by atoms with van der Waals surface area (Å²) in [4.78, 5) is 16.9. The summed E-state index contributed by atoms with van der Waals surface area (Å²) in [6, 6.07) is 0.280. The van der Waals surface area contributed by atoms with Crippen LogP contribution >= 0.6 is 23.7 Å². The van der Waals surface area contributed by atoms with Gasteiger partial charge in [-0.15, -0.1) is 23.7 Å². The number of amides is 1. The van der Waals surface area contributed by atoms with Gasteiger partial charge in [0, 0.05) is 12.6 Å². The second-order valence-electron chi connectivity index (χ2n) is 3.78. The molecule has 1 atom stereocenters. The Bertz CT molecular complexity index is 368. The van der Waals surface area contributed by atoms with Crippen molar-refractivity contribution in [3.05, 3.63) is 15.6 Å². The van der Waals surface area contributed by atoms with Gasteiger partial charge in [0.15, 0.2) is 0 Å². The first kappa shape index (κ1) is 16.4. The summed E-state index contributed by atoms with van der Waals surface area (Å²) in [6.07, 6.45) is 0.881. The fourth-order valence-electron chi connectivity index (χ4n) is 1.24. The van der Waals surface area contributed by atoms with Crippen LogP contribution < -0.4 is 10.6 Å². The van der Waals surface area contributed by atoms with E-state index in [0.717, 1.165) is 22.0 Å². The van der Waals surface area contributed by atoms with Gasteiger partial charge in [-0.3, -0.25) is 4.79 Å². The van der Waals surface area contributed by atoms with E-state index in [1.165, 1.54) is 11.3 Å². The zero-order chi connectivity index (χ0) is 12.1. The quantitative estimate of drug-likeness (QED) is 0.863. The maximum Gasteiger partial charge on any atom is 0.263 e. The number of halogens is 1. The number of carbonyl (C=O) groups is 1. The lowest BCUT2D eigenvalue weighted by atomic mass is 10.3. The molecule has 0 saturated carbocycles. The number of aryl methyl sites for hydroxylation is 2. The topological polar surface area (TPSA) is 54.0 Å². The van der Waals surface area contributed by atoms with Gasteiger partial charge in [-0.25, -0.2) is 4.98 Å². The van der Waals surface area contributed by atoms with Gasteiger partial charge in [-0.1, -0.05) is 6.92 Å². The van der Waals surface area contributed by atoms with E-state index >= 15 is 0 Å². The average Bonchev–Trinajstić information content (AvgIpc) is 2.67. The maximum absolute atomic E-state index is 11.8. The lowest BCUT2D eigenvalue weighted by Crippen LogP contribution is -2.37. The number of aromatic nitrogens is 1. The predicted molar refractivity (Wildman–Crippen MR) is 74.3 cm³/mol. The number of nitrogens with one attached hydrogen (secondary N) is 2. The number of carbonyl (C=O) groups excluding carboxylic acids is 1. The van der Waals surface area contributed by atoms with Gasteiger partial charge in [0.25, 0.3) is 5.91 Å². The van der Waals surface area contributed by atoms with E-state index in [1.54, 1.807) is 0 Å². The molecular weight excluding hydrogens is 258 g/mol. The summed E-state index contributed by atoms with van der Waals surface area (Å²) in [5.74, 6) is -0.0169. The molecule has 0 fully saturated rings.